The third-order valence-corrected chi connectivity index (χ3v) is 5.22. The van der Waals surface area contributed by atoms with Crippen LogP contribution in [0.3, 0.4) is 0 Å². The topological polar surface area (TPSA) is 67.2 Å². The average Bonchev–Trinajstić information content (AvgIpc) is 2.88. The predicted octanol–water partition coefficient (Wildman–Crippen LogP) is 3.73. The molecule has 134 valence electrons. The van der Waals surface area contributed by atoms with Crippen LogP contribution in [0.1, 0.15) is 46.4 Å². The lowest BCUT2D eigenvalue weighted by atomic mass is 9.93. The summed E-state index contributed by atoms with van der Waals surface area (Å²) in [5, 5.41) is 14.5. The lowest BCUT2D eigenvalue weighted by molar-refractivity contribution is 0.0684. The Bertz CT molecular complexity index is 957. The van der Waals surface area contributed by atoms with Gasteiger partial charge in [0.2, 0.25) is 0 Å². The van der Waals surface area contributed by atoms with Crippen molar-refractivity contribution < 1.29 is 9.90 Å². The van der Waals surface area contributed by atoms with Gasteiger partial charge in [-0.05, 0) is 37.0 Å². The van der Waals surface area contributed by atoms with Crippen LogP contribution in [0.15, 0.2) is 42.7 Å². The van der Waals surface area contributed by atoms with Gasteiger partial charge in [-0.15, -0.1) is 0 Å². The van der Waals surface area contributed by atoms with E-state index in [2.05, 4.69) is 16.4 Å². The summed E-state index contributed by atoms with van der Waals surface area (Å²) < 4.78 is 1.91. The quantitative estimate of drug-likeness (QED) is 0.711. The number of para-hydroxylation sites is 1. The number of carboxylic acid groups (broad SMARTS) is 1. The molecule has 2 N–H and O–H groups in total. The summed E-state index contributed by atoms with van der Waals surface area (Å²) in [7, 11) is 0. The van der Waals surface area contributed by atoms with Crippen LogP contribution in [0.4, 0.5) is 0 Å². The Hall–Kier alpha value is -2.66. The van der Waals surface area contributed by atoms with Crippen molar-refractivity contribution in [3.8, 4) is 0 Å². The first-order chi connectivity index (χ1) is 12.6. The summed E-state index contributed by atoms with van der Waals surface area (Å²) in [4.78, 5) is 16.4. The molecule has 5 heteroatoms. The predicted molar refractivity (Wildman–Crippen MR) is 101 cm³/mol. The Kier molecular flexibility index (Phi) is 4.47. The fourth-order valence-corrected chi connectivity index (χ4v) is 3.71. The molecule has 0 unspecified atom stereocenters. The minimum Gasteiger partial charge on any atom is -0.477 e. The first-order valence-electron chi connectivity index (χ1n) is 9.11. The number of fused-ring (bicyclic) bond motifs is 1. The van der Waals surface area contributed by atoms with Gasteiger partial charge in [0.25, 0.3) is 0 Å². The van der Waals surface area contributed by atoms with E-state index < -0.39 is 5.97 Å². The molecular formula is C21H23N3O2. The van der Waals surface area contributed by atoms with Crippen LogP contribution >= 0.6 is 0 Å². The SMILES string of the molecule is Cc1cncc(Cn2c(C(=O)O)c(CNC3CCC3)c3ccccc32)c1. The molecular weight excluding hydrogens is 326 g/mol. The molecule has 0 bridgehead atoms. The van der Waals surface area contributed by atoms with E-state index in [0.29, 0.717) is 24.8 Å². The van der Waals surface area contributed by atoms with Gasteiger partial charge in [-0.1, -0.05) is 30.7 Å². The number of benzene rings is 1. The number of pyridine rings is 1. The highest BCUT2D eigenvalue weighted by atomic mass is 16.4. The highest BCUT2D eigenvalue weighted by molar-refractivity contribution is 5.98. The van der Waals surface area contributed by atoms with Crippen LogP contribution in [0.5, 0.6) is 0 Å². The zero-order valence-electron chi connectivity index (χ0n) is 14.9. The zero-order chi connectivity index (χ0) is 18.1. The van der Waals surface area contributed by atoms with Crippen LogP contribution in [-0.4, -0.2) is 26.7 Å². The van der Waals surface area contributed by atoms with E-state index in [-0.39, 0.29) is 0 Å². The molecule has 26 heavy (non-hydrogen) atoms. The molecule has 0 amide bonds. The van der Waals surface area contributed by atoms with Gasteiger partial charge in [0.15, 0.2) is 0 Å². The molecule has 0 radical (unpaired) electrons. The van der Waals surface area contributed by atoms with E-state index >= 15 is 0 Å². The molecule has 1 fully saturated rings. The Labute approximate surface area is 152 Å². The first kappa shape index (κ1) is 16.8. The van der Waals surface area contributed by atoms with Gasteiger partial charge in [-0.25, -0.2) is 4.79 Å². The van der Waals surface area contributed by atoms with E-state index in [0.717, 1.165) is 27.6 Å². The van der Waals surface area contributed by atoms with Crippen LogP contribution in [0.25, 0.3) is 10.9 Å². The smallest absolute Gasteiger partial charge is 0.352 e. The van der Waals surface area contributed by atoms with Crippen molar-refractivity contribution in [3.63, 3.8) is 0 Å². The molecule has 2 aromatic heterocycles. The number of carbonyl (C=O) groups is 1. The molecule has 1 aliphatic carbocycles. The highest BCUT2D eigenvalue weighted by Gasteiger charge is 2.24. The number of aromatic carboxylic acids is 1. The number of nitrogens with one attached hydrogen (secondary N) is 1. The van der Waals surface area contributed by atoms with Crippen LogP contribution < -0.4 is 5.32 Å². The Morgan fingerprint density at radius 1 is 1.31 bits per heavy atom. The van der Waals surface area contributed by atoms with Crippen LogP contribution in [-0.2, 0) is 13.1 Å². The van der Waals surface area contributed by atoms with E-state index in [1.54, 1.807) is 6.20 Å². The first-order valence-corrected chi connectivity index (χ1v) is 9.11. The van der Waals surface area contributed by atoms with Crippen molar-refractivity contribution in [2.45, 2.75) is 45.3 Å². The molecule has 2 heterocycles. The van der Waals surface area contributed by atoms with Crippen LogP contribution in [0, 0.1) is 6.92 Å². The Balaban J connectivity index is 1.79. The second-order valence-electron chi connectivity index (χ2n) is 7.11. The summed E-state index contributed by atoms with van der Waals surface area (Å²) in [5.74, 6) is -0.882. The van der Waals surface area contributed by atoms with Gasteiger partial charge in [0.05, 0.1) is 0 Å². The van der Waals surface area contributed by atoms with Crippen molar-refractivity contribution in [2.75, 3.05) is 0 Å². The van der Waals surface area contributed by atoms with E-state index in [4.69, 9.17) is 0 Å². The Morgan fingerprint density at radius 2 is 2.12 bits per heavy atom. The summed E-state index contributed by atoms with van der Waals surface area (Å²) in [5.41, 5.74) is 4.28. The second kappa shape index (κ2) is 6.92. The molecule has 0 spiro atoms. The highest BCUT2D eigenvalue weighted by Crippen LogP contribution is 2.28. The maximum absolute atomic E-state index is 12.1. The molecule has 1 saturated carbocycles. The molecule has 0 atom stereocenters. The number of carboxylic acids is 1. The number of aromatic nitrogens is 2. The number of hydrogen-bond acceptors (Lipinski definition) is 3. The van der Waals surface area contributed by atoms with E-state index in [9.17, 15) is 9.90 Å². The molecule has 0 aliphatic heterocycles. The number of hydrogen-bond donors (Lipinski definition) is 2. The maximum atomic E-state index is 12.1. The minimum atomic E-state index is -0.882. The summed E-state index contributed by atoms with van der Waals surface area (Å²) >= 11 is 0. The fraction of sp³-hybridized carbons (Fsp3) is 0.333. The zero-order valence-corrected chi connectivity index (χ0v) is 14.9. The molecule has 0 saturated heterocycles. The lowest BCUT2D eigenvalue weighted by Gasteiger charge is -2.26. The molecule has 1 aromatic carbocycles. The monoisotopic (exact) mass is 349 g/mol. The number of aryl methyl sites for hydroxylation is 1. The molecule has 1 aliphatic rings. The van der Waals surface area contributed by atoms with Crippen molar-refractivity contribution in [1.29, 1.82) is 0 Å². The maximum Gasteiger partial charge on any atom is 0.352 e. The van der Waals surface area contributed by atoms with Crippen LogP contribution in [0.2, 0.25) is 0 Å². The number of nitrogens with zero attached hydrogens (tertiary/aromatic N) is 2. The average molecular weight is 349 g/mol. The van der Waals surface area contributed by atoms with Gasteiger partial charge < -0.3 is 15.0 Å². The van der Waals surface area contributed by atoms with E-state index in [1.165, 1.54) is 19.3 Å². The van der Waals surface area contributed by atoms with Gasteiger partial charge >= 0.3 is 5.97 Å². The van der Waals surface area contributed by atoms with Gasteiger partial charge in [-0.2, -0.15) is 0 Å². The normalized spacial score (nSPS) is 14.5. The minimum absolute atomic E-state index is 0.375. The van der Waals surface area contributed by atoms with Gasteiger partial charge in [0, 0.05) is 48.0 Å². The van der Waals surface area contributed by atoms with Crippen molar-refractivity contribution in [1.82, 2.24) is 14.9 Å². The van der Waals surface area contributed by atoms with Gasteiger partial charge in [-0.3, -0.25) is 4.98 Å². The lowest BCUT2D eigenvalue weighted by Crippen LogP contribution is -2.34. The van der Waals surface area contributed by atoms with Crippen molar-refractivity contribution >= 4 is 16.9 Å². The fourth-order valence-electron chi connectivity index (χ4n) is 3.71. The second-order valence-corrected chi connectivity index (χ2v) is 7.11. The summed E-state index contributed by atoms with van der Waals surface area (Å²) in [6, 6.07) is 10.5. The third kappa shape index (κ3) is 3.10. The standard InChI is InChI=1S/C21H23N3O2/c1-14-9-15(11-22-10-14)13-24-19-8-3-2-7-17(19)18(20(24)21(25)26)12-23-16-5-4-6-16/h2-3,7-11,16,23H,4-6,12-13H2,1H3,(H,25,26). The summed E-state index contributed by atoms with van der Waals surface area (Å²) in [6.45, 7) is 3.09. The molecule has 4 rings (SSSR count). The van der Waals surface area contributed by atoms with E-state index in [1.807, 2.05) is 42.0 Å². The van der Waals surface area contributed by atoms with Crippen molar-refractivity contribution in [3.05, 3.63) is 65.1 Å². The summed E-state index contributed by atoms with van der Waals surface area (Å²) in [6.07, 6.45) is 7.22. The number of rotatable bonds is 6. The molecule has 3 aromatic rings. The molecule has 5 nitrogen and oxygen atoms in total. The third-order valence-electron chi connectivity index (χ3n) is 5.22. The van der Waals surface area contributed by atoms with Gasteiger partial charge in [0.1, 0.15) is 5.69 Å². The largest absolute Gasteiger partial charge is 0.477 e. The van der Waals surface area contributed by atoms with Crippen molar-refractivity contribution in [2.24, 2.45) is 0 Å². The Morgan fingerprint density at radius 3 is 2.81 bits per heavy atom.